The molecule has 5 aromatic rings. The van der Waals surface area contributed by atoms with E-state index in [0.717, 1.165) is 48.7 Å². The van der Waals surface area contributed by atoms with Gasteiger partial charge in [0.15, 0.2) is 0 Å². The highest BCUT2D eigenvalue weighted by atomic mass is 16.2. The maximum absolute atomic E-state index is 14.1. The maximum Gasteiger partial charge on any atom is 0.227 e. The number of benzene rings is 3. The summed E-state index contributed by atoms with van der Waals surface area (Å²) in [4.78, 5) is 26.0. The fraction of sp³-hybridized carbons (Fsp3) is 0.242. The summed E-state index contributed by atoms with van der Waals surface area (Å²) in [5.74, 6) is 0.172. The molecule has 6 nitrogen and oxygen atoms in total. The Morgan fingerprint density at radius 1 is 0.718 bits per heavy atom. The summed E-state index contributed by atoms with van der Waals surface area (Å²) in [5.41, 5.74) is 6.80. The van der Waals surface area contributed by atoms with Crippen LogP contribution in [0.4, 0.5) is 0 Å². The summed E-state index contributed by atoms with van der Waals surface area (Å²) >= 11 is 0. The van der Waals surface area contributed by atoms with Crippen molar-refractivity contribution in [3.63, 3.8) is 0 Å². The van der Waals surface area contributed by atoms with Crippen molar-refractivity contribution in [1.82, 2.24) is 24.0 Å². The van der Waals surface area contributed by atoms with Crippen LogP contribution < -0.4 is 0 Å². The first kappa shape index (κ1) is 23.7. The fourth-order valence-electron chi connectivity index (χ4n) is 6.47. The molecule has 0 saturated carbocycles. The number of imidazole rings is 2. The minimum Gasteiger partial charge on any atom is -0.338 e. The van der Waals surface area contributed by atoms with E-state index in [-0.39, 0.29) is 23.7 Å². The van der Waals surface area contributed by atoms with Crippen molar-refractivity contribution in [2.24, 2.45) is 11.8 Å². The van der Waals surface area contributed by atoms with Crippen LogP contribution in [0.1, 0.15) is 39.7 Å². The highest BCUT2D eigenvalue weighted by Gasteiger charge is 2.51. The van der Waals surface area contributed by atoms with E-state index >= 15 is 0 Å². The van der Waals surface area contributed by atoms with Gasteiger partial charge in [0.05, 0.1) is 41.6 Å². The topological polar surface area (TPSA) is 56.0 Å². The SMILES string of the molecule is O=C1[C@@H]2[C@H](Cc3ncn(Cc4ccccc4)c3[C@H]2c2cn(Cc3ccccc3)cn2)CN1Cc1ccccc1. The summed E-state index contributed by atoms with van der Waals surface area (Å²) in [5, 5.41) is 0. The largest absolute Gasteiger partial charge is 0.338 e. The average molecular weight is 514 g/mol. The lowest BCUT2D eigenvalue weighted by atomic mass is 9.72. The Kier molecular flexibility index (Phi) is 6.08. The van der Waals surface area contributed by atoms with Gasteiger partial charge in [0.1, 0.15) is 0 Å². The molecule has 3 atom stereocenters. The predicted molar refractivity (Wildman–Crippen MR) is 150 cm³/mol. The van der Waals surface area contributed by atoms with E-state index in [1.54, 1.807) is 0 Å². The standard InChI is InChI=1S/C33H31N5O/c39-33-30-27(20-37(33)18-25-12-6-2-7-13-25)16-28-32(38(23-35-28)19-26-14-8-3-9-15-26)31(30)29-21-36(22-34-29)17-24-10-4-1-5-11-24/h1-15,21-23,27,30-31H,16-20H2/t27-,30-,31+/m1/s1. The van der Waals surface area contributed by atoms with Gasteiger partial charge in [0.2, 0.25) is 5.91 Å². The van der Waals surface area contributed by atoms with Crippen molar-refractivity contribution in [2.75, 3.05) is 6.54 Å². The van der Waals surface area contributed by atoms with Gasteiger partial charge in [-0.25, -0.2) is 9.97 Å². The molecule has 0 unspecified atom stereocenters. The van der Waals surface area contributed by atoms with E-state index in [2.05, 4.69) is 76.0 Å². The molecule has 0 N–H and O–H groups in total. The first-order valence-corrected chi connectivity index (χ1v) is 13.7. The number of carbonyl (C=O) groups is 1. The number of carbonyl (C=O) groups excluding carboxylic acids is 1. The van der Waals surface area contributed by atoms with Gasteiger partial charge in [-0.05, 0) is 29.0 Å². The van der Waals surface area contributed by atoms with Crippen LogP contribution in [-0.2, 0) is 30.8 Å². The van der Waals surface area contributed by atoms with Gasteiger partial charge in [-0.15, -0.1) is 0 Å². The zero-order chi connectivity index (χ0) is 26.2. The van der Waals surface area contributed by atoms with E-state index in [4.69, 9.17) is 9.97 Å². The number of aromatic nitrogens is 4. The van der Waals surface area contributed by atoms with E-state index < -0.39 is 0 Å². The second-order valence-corrected chi connectivity index (χ2v) is 10.8. The molecule has 1 aliphatic heterocycles. The molecule has 1 aliphatic carbocycles. The first-order valence-electron chi connectivity index (χ1n) is 13.7. The monoisotopic (exact) mass is 513 g/mol. The second-order valence-electron chi connectivity index (χ2n) is 10.8. The van der Waals surface area contributed by atoms with Crippen LogP contribution in [0, 0.1) is 11.8 Å². The molecule has 0 radical (unpaired) electrons. The molecular formula is C33H31N5O. The minimum absolute atomic E-state index is 0.129. The van der Waals surface area contributed by atoms with Crippen molar-refractivity contribution in [1.29, 1.82) is 0 Å². The van der Waals surface area contributed by atoms with Gasteiger partial charge in [-0.3, -0.25) is 4.79 Å². The minimum atomic E-state index is -0.146. The van der Waals surface area contributed by atoms with Gasteiger partial charge < -0.3 is 14.0 Å². The fourth-order valence-corrected chi connectivity index (χ4v) is 6.47. The summed E-state index contributed by atoms with van der Waals surface area (Å²) in [7, 11) is 0. The first-order chi connectivity index (χ1) is 19.2. The Balaban J connectivity index is 1.26. The summed E-state index contributed by atoms with van der Waals surface area (Å²) < 4.78 is 4.38. The summed E-state index contributed by atoms with van der Waals surface area (Å²) in [6, 6.07) is 31.2. The van der Waals surface area contributed by atoms with Crippen LogP contribution in [-0.4, -0.2) is 36.5 Å². The van der Waals surface area contributed by atoms with E-state index in [1.165, 1.54) is 11.1 Å². The molecule has 3 heterocycles. The van der Waals surface area contributed by atoms with Crippen LogP contribution >= 0.6 is 0 Å². The Morgan fingerprint density at radius 3 is 2.00 bits per heavy atom. The normalized spacial score (nSPS) is 20.2. The Morgan fingerprint density at radius 2 is 1.33 bits per heavy atom. The molecule has 7 rings (SSSR count). The third-order valence-electron chi connectivity index (χ3n) is 8.22. The van der Waals surface area contributed by atoms with Gasteiger partial charge in [-0.1, -0.05) is 91.0 Å². The number of rotatable bonds is 7. The Hall–Kier alpha value is -4.45. The zero-order valence-electron chi connectivity index (χ0n) is 21.8. The number of hydrogen-bond donors (Lipinski definition) is 0. The second kappa shape index (κ2) is 10.0. The lowest BCUT2D eigenvalue weighted by molar-refractivity contribution is -0.132. The molecule has 0 bridgehead atoms. The van der Waals surface area contributed by atoms with Crippen LogP contribution in [0.3, 0.4) is 0 Å². The molecule has 1 fully saturated rings. The lowest BCUT2D eigenvalue weighted by Crippen LogP contribution is -2.34. The van der Waals surface area contributed by atoms with E-state index in [1.807, 2.05) is 47.9 Å². The van der Waals surface area contributed by atoms with Crippen LogP contribution in [0.15, 0.2) is 110 Å². The van der Waals surface area contributed by atoms with Crippen molar-refractivity contribution >= 4 is 5.91 Å². The van der Waals surface area contributed by atoms with Gasteiger partial charge in [-0.2, -0.15) is 0 Å². The van der Waals surface area contributed by atoms with Gasteiger partial charge in [0.25, 0.3) is 0 Å². The van der Waals surface area contributed by atoms with Crippen molar-refractivity contribution < 1.29 is 4.79 Å². The number of amides is 1. The average Bonchev–Trinajstić information content (AvgIpc) is 3.68. The summed E-state index contributed by atoms with van der Waals surface area (Å²) in [6.45, 7) is 2.87. The maximum atomic E-state index is 14.1. The molecule has 2 aromatic heterocycles. The van der Waals surface area contributed by atoms with Crippen molar-refractivity contribution in [2.45, 2.75) is 32.0 Å². The van der Waals surface area contributed by atoms with Crippen molar-refractivity contribution in [3.05, 3.63) is 144 Å². The number of nitrogens with zero attached hydrogens (tertiary/aromatic N) is 5. The quantitative estimate of drug-likeness (QED) is 0.303. The molecule has 1 saturated heterocycles. The zero-order valence-corrected chi connectivity index (χ0v) is 21.8. The third kappa shape index (κ3) is 4.56. The van der Waals surface area contributed by atoms with Gasteiger partial charge in [0, 0.05) is 32.4 Å². The molecule has 2 aliphatic rings. The molecule has 194 valence electrons. The predicted octanol–water partition coefficient (Wildman–Crippen LogP) is 5.14. The van der Waals surface area contributed by atoms with Crippen molar-refractivity contribution in [3.8, 4) is 0 Å². The molecule has 39 heavy (non-hydrogen) atoms. The van der Waals surface area contributed by atoms with Crippen LogP contribution in [0.2, 0.25) is 0 Å². The Bertz CT molecular complexity index is 1570. The lowest BCUT2D eigenvalue weighted by Gasteiger charge is -2.31. The Labute approximate surface area is 228 Å². The molecule has 0 spiro atoms. The number of likely N-dealkylation sites (tertiary alicyclic amines) is 1. The third-order valence-corrected chi connectivity index (χ3v) is 8.22. The number of hydrogen-bond acceptors (Lipinski definition) is 3. The molecular weight excluding hydrogens is 482 g/mol. The highest BCUT2D eigenvalue weighted by molar-refractivity contribution is 5.83. The molecule has 6 heteroatoms. The van der Waals surface area contributed by atoms with E-state index in [0.29, 0.717) is 6.54 Å². The van der Waals surface area contributed by atoms with Gasteiger partial charge >= 0.3 is 0 Å². The molecule has 3 aromatic carbocycles. The van der Waals surface area contributed by atoms with Crippen LogP contribution in [0.5, 0.6) is 0 Å². The van der Waals surface area contributed by atoms with Crippen LogP contribution in [0.25, 0.3) is 0 Å². The summed E-state index contributed by atoms with van der Waals surface area (Å²) in [6.07, 6.45) is 6.82. The smallest absolute Gasteiger partial charge is 0.227 e. The van der Waals surface area contributed by atoms with E-state index in [9.17, 15) is 4.79 Å². The number of fused-ring (bicyclic) bond motifs is 2. The highest BCUT2D eigenvalue weighted by Crippen LogP contribution is 2.47. The molecule has 1 amide bonds.